The summed E-state index contributed by atoms with van der Waals surface area (Å²) in [4.78, 5) is 8.71. The fourth-order valence-electron chi connectivity index (χ4n) is 1.44. The van der Waals surface area contributed by atoms with E-state index in [-0.39, 0.29) is 0 Å². The molecule has 0 fully saturated rings. The summed E-state index contributed by atoms with van der Waals surface area (Å²) in [5.41, 5.74) is 1.03. The predicted octanol–water partition coefficient (Wildman–Crippen LogP) is 3.23. The van der Waals surface area contributed by atoms with Crippen molar-refractivity contribution < 1.29 is 4.74 Å². The van der Waals surface area contributed by atoms with Crippen LogP contribution in [-0.2, 0) is 6.42 Å². The van der Waals surface area contributed by atoms with Gasteiger partial charge in [-0.3, -0.25) is 0 Å². The standard InChI is InChI=1S/C12H19BrN2O/c1-9(2)4-5-10(13)6-11-7-12(16-3)15-8-14-11/h7-10H,4-6H2,1-3H3. The molecule has 4 heteroatoms. The number of hydrogen-bond acceptors (Lipinski definition) is 3. The second-order valence-electron chi connectivity index (χ2n) is 4.32. The summed E-state index contributed by atoms with van der Waals surface area (Å²) in [7, 11) is 1.62. The molecule has 3 nitrogen and oxygen atoms in total. The Morgan fingerprint density at radius 2 is 2.06 bits per heavy atom. The Kier molecular flexibility index (Phi) is 5.74. The fourth-order valence-corrected chi connectivity index (χ4v) is 2.04. The molecular formula is C12H19BrN2O. The van der Waals surface area contributed by atoms with Gasteiger partial charge in [0.2, 0.25) is 5.88 Å². The van der Waals surface area contributed by atoms with Crippen molar-refractivity contribution in [3.63, 3.8) is 0 Å². The van der Waals surface area contributed by atoms with E-state index in [2.05, 4.69) is 39.7 Å². The fraction of sp³-hybridized carbons (Fsp3) is 0.667. The molecule has 0 aliphatic rings. The molecule has 0 bridgehead atoms. The molecule has 90 valence electrons. The molecule has 1 aromatic rings. The monoisotopic (exact) mass is 286 g/mol. The predicted molar refractivity (Wildman–Crippen MR) is 69.1 cm³/mol. The van der Waals surface area contributed by atoms with E-state index in [0.29, 0.717) is 10.7 Å². The zero-order valence-corrected chi connectivity index (χ0v) is 11.7. The summed E-state index contributed by atoms with van der Waals surface area (Å²) in [6.45, 7) is 4.49. The number of nitrogens with zero attached hydrogens (tertiary/aromatic N) is 2. The van der Waals surface area contributed by atoms with Crippen LogP contribution in [0.4, 0.5) is 0 Å². The second-order valence-corrected chi connectivity index (χ2v) is 5.62. The molecule has 0 N–H and O–H groups in total. The SMILES string of the molecule is COc1cc(CC(Br)CCC(C)C)ncn1. The molecule has 0 saturated carbocycles. The van der Waals surface area contributed by atoms with Crippen LogP contribution in [0.5, 0.6) is 5.88 Å². The number of hydrogen-bond donors (Lipinski definition) is 0. The van der Waals surface area contributed by atoms with Crippen molar-refractivity contribution in [1.29, 1.82) is 0 Å². The third-order valence-electron chi connectivity index (χ3n) is 2.40. The minimum atomic E-state index is 0.481. The van der Waals surface area contributed by atoms with Gasteiger partial charge in [0.15, 0.2) is 0 Å². The van der Waals surface area contributed by atoms with Gasteiger partial charge in [-0.2, -0.15) is 0 Å². The Balaban J connectivity index is 2.45. The van der Waals surface area contributed by atoms with E-state index < -0.39 is 0 Å². The quantitative estimate of drug-likeness (QED) is 0.753. The van der Waals surface area contributed by atoms with Crippen molar-refractivity contribution in [2.24, 2.45) is 5.92 Å². The van der Waals surface area contributed by atoms with Crippen molar-refractivity contribution in [2.45, 2.75) is 37.9 Å². The molecule has 1 aromatic heterocycles. The molecule has 0 spiro atoms. The number of halogens is 1. The van der Waals surface area contributed by atoms with Crippen LogP contribution in [0.15, 0.2) is 12.4 Å². The number of aromatic nitrogens is 2. The number of alkyl halides is 1. The van der Waals surface area contributed by atoms with E-state index >= 15 is 0 Å². The van der Waals surface area contributed by atoms with Crippen molar-refractivity contribution >= 4 is 15.9 Å². The van der Waals surface area contributed by atoms with Crippen LogP contribution >= 0.6 is 15.9 Å². The van der Waals surface area contributed by atoms with E-state index in [1.165, 1.54) is 12.8 Å². The van der Waals surface area contributed by atoms with Crippen LogP contribution in [-0.4, -0.2) is 21.9 Å². The lowest BCUT2D eigenvalue weighted by atomic mass is 10.0. The van der Waals surface area contributed by atoms with Gasteiger partial charge in [0, 0.05) is 23.0 Å². The highest BCUT2D eigenvalue weighted by atomic mass is 79.9. The van der Waals surface area contributed by atoms with Gasteiger partial charge in [0.05, 0.1) is 7.11 Å². The smallest absolute Gasteiger partial charge is 0.216 e. The topological polar surface area (TPSA) is 35.0 Å². The Bertz CT molecular complexity index is 318. The molecule has 0 amide bonds. The van der Waals surface area contributed by atoms with Gasteiger partial charge in [-0.15, -0.1) is 0 Å². The second kappa shape index (κ2) is 6.84. The van der Waals surface area contributed by atoms with Crippen molar-refractivity contribution in [1.82, 2.24) is 9.97 Å². The average molecular weight is 287 g/mol. The maximum atomic E-state index is 5.07. The molecule has 1 rings (SSSR count). The first-order chi connectivity index (χ1) is 7.61. The van der Waals surface area contributed by atoms with Crippen molar-refractivity contribution in [3.8, 4) is 5.88 Å². The van der Waals surface area contributed by atoms with Crippen LogP contribution in [0.2, 0.25) is 0 Å². The van der Waals surface area contributed by atoms with E-state index in [4.69, 9.17) is 4.74 Å². The first kappa shape index (κ1) is 13.4. The minimum Gasteiger partial charge on any atom is -0.481 e. The van der Waals surface area contributed by atoms with Gasteiger partial charge < -0.3 is 4.74 Å². The van der Waals surface area contributed by atoms with Gasteiger partial charge in [-0.25, -0.2) is 9.97 Å². The summed E-state index contributed by atoms with van der Waals surface area (Å²) in [6.07, 6.45) is 4.88. The van der Waals surface area contributed by atoms with Crippen LogP contribution in [0.3, 0.4) is 0 Å². The lowest BCUT2D eigenvalue weighted by Crippen LogP contribution is -2.06. The highest BCUT2D eigenvalue weighted by Crippen LogP contribution is 2.18. The summed E-state index contributed by atoms with van der Waals surface area (Å²) in [5, 5.41) is 0. The Morgan fingerprint density at radius 1 is 1.31 bits per heavy atom. The molecule has 0 aromatic carbocycles. The Hall–Kier alpha value is -0.640. The number of methoxy groups -OCH3 is 1. The van der Waals surface area contributed by atoms with Crippen LogP contribution in [0, 0.1) is 5.92 Å². The van der Waals surface area contributed by atoms with Crippen LogP contribution < -0.4 is 4.74 Å². The summed E-state index contributed by atoms with van der Waals surface area (Å²) in [6, 6.07) is 1.89. The Labute approximate surface area is 106 Å². The average Bonchev–Trinajstić information content (AvgIpc) is 2.26. The molecule has 0 saturated heterocycles. The Morgan fingerprint density at radius 3 is 2.69 bits per heavy atom. The first-order valence-corrected chi connectivity index (χ1v) is 6.52. The van der Waals surface area contributed by atoms with Crippen molar-refractivity contribution in [2.75, 3.05) is 7.11 Å². The van der Waals surface area contributed by atoms with Gasteiger partial charge in [0.1, 0.15) is 6.33 Å². The number of rotatable bonds is 6. The third kappa shape index (κ3) is 4.92. The molecule has 1 atom stereocenters. The largest absolute Gasteiger partial charge is 0.481 e. The molecule has 0 aliphatic heterocycles. The van der Waals surface area contributed by atoms with E-state index in [1.807, 2.05) is 6.07 Å². The molecule has 1 unspecified atom stereocenters. The van der Waals surface area contributed by atoms with Gasteiger partial charge in [0.25, 0.3) is 0 Å². The molecule has 16 heavy (non-hydrogen) atoms. The highest BCUT2D eigenvalue weighted by Gasteiger charge is 2.08. The molecular weight excluding hydrogens is 268 g/mol. The zero-order valence-electron chi connectivity index (χ0n) is 10.1. The molecule has 1 heterocycles. The van der Waals surface area contributed by atoms with Gasteiger partial charge in [-0.05, 0) is 18.8 Å². The zero-order chi connectivity index (χ0) is 12.0. The van der Waals surface area contributed by atoms with Crippen LogP contribution in [0.25, 0.3) is 0 Å². The van der Waals surface area contributed by atoms with Crippen molar-refractivity contribution in [3.05, 3.63) is 18.1 Å². The molecule has 0 radical (unpaired) electrons. The third-order valence-corrected chi connectivity index (χ3v) is 3.18. The van der Waals surface area contributed by atoms with Crippen LogP contribution in [0.1, 0.15) is 32.4 Å². The van der Waals surface area contributed by atoms with Gasteiger partial charge in [-0.1, -0.05) is 29.8 Å². The van der Waals surface area contributed by atoms with E-state index in [9.17, 15) is 0 Å². The minimum absolute atomic E-state index is 0.481. The molecule has 0 aliphatic carbocycles. The summed E-state index contributed by atoms with van der Waals surface area (Å²) >= 11 is 3.69. The first-order valence-electron chi connectivity index (χ1n) is 5.60. The maximum Gasteiger partial charge on any atom is 0.216 e. The van der Waals surface area contributed by atoms with Gasteiger partial charge >= 0.3 is 0 Å². The normalized spacial score (nSPS) is 12.8. The highest BCUT2D eigenvalue weighted by molar-refractivity contribution is 9.09. The summed E-state index contributed by atoms with van der Waals surface area (Å²) in [5.74, 6) is 1.38. The number of ether oxygens (including phenoxy) is 1. The summed E-state index contributed by atoms with van der Waals surface area (Å²) < 4.78 is 5.07. The van der Waals surface area contributed by atoms with E-state index in [1.54, 1.807) is 13.4 Å². The lowest BCUT2D eigenvalue weighted by Gasteiger charge is -2.11. The maximum absolute atomic E-state index is 5.07. The lowest BCUT2D eigenvalue weighted by molar-refractivity contribution is 0.395. The van der Waals surface area contributed by atoms with E-state index in [0.717, 1.165) is 18.0 Å².